The SMILES string of the molecule is O=C(NCc1ccnc(N2CCCC2)c1)N(C[C@@H]1CCOC1)C1CC1. The summed E-state index contributed by atoms with van der Waals surface area (Å²) in [6, 6.07) is 4.59. The van der Waals surface area contributed by atoms with Gasteiger partial charge in [0, 0.05) is 50.9 Å². The summed E-state index contributed by atoms with van der Waals surface area (Å²) < 4.78 is 5.46. The molecule has 1 N–H and O–H groups in total. The number of rotatable bonds is 6. The highest BCUT2D eigenvalue weighted by atomic mass is 16.5. The summed E-state index contributed by atoms with van der Waals surface area (Å²) in [5.74, 6) is 1.53. The maximum absolute atomic E-state index is 12.7. The maximum Gasteiger partial charge on any atom is 0.317 e. The van der Waals surface area contributed by atoms with Crippen LogP contribution in [0.2, 0.25) is 0 Å². The molecular formula is C19H28N4O2. The quantitative estimate of drug-likeness (QED) is 0.861. The molecule has 3 aliphatic rings. The molecule has 2 saturated heterocycles. The minimum atomic E-state index is 0.0638. The molecule has 1 aliphatic carbocycles. The Morgan fingerprint density at radius 2 is 2.16 bits per heavy atom. The Hall–Kier alpha value is -1.82. The first-order chi connectivity index (χ1) is 12.3. The molecule has 6 nitrogen and oxygen atoms in total. The Balaban J connectivity index is 1.33. The second kappa shape index (κ2) is 7.60. The topological polar surface area (TPSA) is 57.7 Å². The first-order valence-corrected chi connectivity index (χ1v) is 9.62. The number of hydrogen-bond acceptors (Lipinski definition) is 4. The predicted molar refractivity (Wildman–Crippen MR) is 96.6 cm³/mol. The number of anilines is 1. The lowest BCUT2D eigenvalue weighted by atomic mass is 10.1. The van der Waals surface area contributed by atoms with Crippen LogP contribution in [0.5, 0.6) is 0 Å². The van der Waals surface area contributed by atoms with Crippen molar-refractivity contribution in [1.29, 1.82) is 0 Å². The summed E-state index contributed by atoms with van der Waals surface area (Å²) in [5.41, 5.74) is 1.12. The number of urea groups is 1. The Labute approximate surface area is 149 Å². The van der Waals surface area contributed by atoms with Crippen molar-refractivity contribution in [3.05, 3.63) is 23.9 Å². The maximum atomic E-state index is 12.7. The zero-order chi connectivity index (χ0) is 17.1. The van der Waals surface area contributed by atoms with E-state index in [1.807, 2.05) is 17.2 Å². The predicted octanol–water partition coefficient (Wildman–Crippen LogP) is 2.39. The van der Waals surface area contributed by atoms with Crippen molar-refractivity contribution >= 4 is 11.8 Å². The van der Waals surface area contributed by atoms with E-state index in [2.05, 4.69) is 21.3 Å². The summed E-state index contributed by atoms with van der Waals surface area (Å²) in [5, 5.41) is 3.11. The Morgan fingerprint density at radius 3 is 2.88 bits per heavy atom. The molecule has 136 valence electrons. The summed E-state index contributed by atoms with van der Waals surface area (Å²) in [6.45, 7) is 5.18. The van der Waals surface area contributed by atoms with Gasteiger partial charge in [-0.2, -0.15) is 0 Å². The van der Waals surface area contributed by atoms with Gasteiger partial charge < -0.3 is 19.9 Å². The van der Waals surface area contributed by atoms with Crippen molar-refractivity contribution in [2.45, 2.75) is 44.7 Å². The molecule has 3 fully saturated rings. The number of carbonyl (C=O) groups excluding carboxylic acids is 1. The Morgan fingerprint density at radius 1 is 1.32 bits per heavy atom. The van der Waals surface area contributed by atoms with Crippen LogP contribution < -0.4 is 10.2 Å². The van der Waals surface area contributed by atoms with Crippen molar-refractivity contribution in [1.82, 2.24) is 15.2 Å². The molecule has 0 unspecified atom stereocenters. The van der Waals surface area contributed by atoms with E-state index < -0.39 is 0 Å². The molecule has 1 atom stereocenters. The highest BCUT2D eigenvalue weighted by Crippen LogP contribution is 2.29. The zero-order valence-electron chi connectivity index (χ0n) is 14.8. The third kappa shape index (κ3) is 4.24. The molecule has 3 heterocycles. The van der Waals surface area contributed by atoms with Gasteiger partial charge in [0.1, 0.15) is 5.82 Å². The van der Waals surface area contributed by atoms with E-state index in [0.29, 0.717) is 18.5 Å². The third-order valence-electron chi connectivity index (χ3n) is 5.41. The standard InChI is InChI=1S/C19H28N4O2/c24-19(23(17-3-4-17)13-16-6-10-25-14-16)21-12-15-5-7-20-18(11-15)22-8-1-2-9-22/h5,7,11,16-17H,1-4,6,8-10,12-14H2,(H,21,24)/t16-/m0/s1. The van der Waals surface area contributed by atoms with E-state index in [1.165, 1.54) is 12.8 Å². The van der Waals surface area contributed by atoms with Crippen LogP contribution in [0.25, 0.3) is 0 Å². The number of pyridine rings is 1. The summed E-state index contributed by atoms with van der Waals surface area (Å²) in [7, 11) is 0. The van der Waals surface area contributed by atoms with Gasteiger partial charge in [-0.15, -0.1) is 0 Å². The Bertz CT molecular complexity index is 593. The summed E-state index contributed by atoms with van der Waals surface area (Å²) >= 11 is 0. The molecule has 25 heavy (non-hydrogen) atoms. The van der Waals surface area contributed by atoms with E-state index in [0.717, 1.165) is 63.5 Å². The molecule has 0 radical (unpaired) electrons. The van der Waals surface area contributed by atoms with Gasteiger partial charge in [-0.3, -0.25) is 0 Å². The molecule has 2 aliphatic heterocycles. The van der Waals surface area contributed by atoms with E-state index in [1.54, 1.807) is 0 Å². The first kappa shape index (κ1) is 16.6. The normalized spacial score (nSPS) is 23.0. The van der Waals surface area contributed by atoms with Crippen LogP contribution in [0.15, 0.2) is 18.3 Å². The van der Waals surface area contributed by atoms with E-state index in [9.17, 15) is 4.79 Å². The fraction of sp³-hybridized carbons (Fsp3) is 0.684. The minimum absolute atomic E-state index is 0.0638. The molecule has 2 amide bonds. The third-order valence-corrected chi connectivity index (χ3v) is 5.41. The fourth-order valence-electron chi connectivity index (χ4n) is 3.76. The van der Waals surface area contributed by atoms with Crippen molar-refractivity contribution in [2.75, 3.05) is 37.7 Å². The number of nitrogens with zero attached hydrogens (tertiary/aromatic N) is 3. The van der Waals surface area contributed by atoms with Gasteiger partial charge >= 0.3 is 6.03 Å². The average molecular weight is 344 g/mol. The molecule has 4 rings (SSSR count). The van der Waals surface area contributed by atoms with Gasteiger partial charge in [-0.1, -0.05) is 0 Å². The molecule has 0 bridgehead atoms. The van der Waals surface area contributed by atoms with Crippen molar-refractivity contribution in [2.24, 2.45) is 5.92 Å². The molecule has 1 saturated carbocycles. The number of amides is 2. The van der Waals surface area contributed by atoms with Gasteiger partial charge in [-0.05, 0) is 49.8 Å². The smallest absolute Gasteiger partial charge is 0.317 e. The molecule has 1 aromatic heterocycles. The number of hydrogen-bond donors (Lipinski definition) is 1. The fourth-order valence-corrected chi connectivity index (χ4v) is 3.76. The van der Waals surface area contributed by atoms with E-state index in [4.69, 9.17) is 4.74 Å². The van der Waals surface area contributed by atoms with E-state index in [-0.39, 0.29) is 6.03 Å². The van der Waals surface area contributed by atoms with Crippen LogP contribution in [-0.4, -0.2) is 54.8 Å². The lowest BCUT2D eigenvalue weighted by Gasteiger charge is -2.25. The summed E-state index contributed by atoms with van der Waals surface area (Å²) in [4.78, 5) is 21.5. The van der Waals surface area contributed by atoms with Gasteiger partial charge in [0.05, 0.1) is 6.61 Å². The van der Waals surface area contributed by atoms with Gasteiger partial charge in [0.15, 0.2) is 0 Å². The highest BCUT2D eigenvalue weighted by Gasteiger charge is 2.34. The number of carbonyl (C=O) groups is 1. The van der Waals surface area contributed by atoms with Crippen molar-refractivity contribution in [3.8, 4) is 0 Å². The van der Waals surface area contributed by atoms with Crippen LogP contribution in [0.3, 0.4) is 0 Å². The largest absolute Gasteiger partial charge is 0.381 e. The molecule has 0 aromatic carbocycles. The average Bonchev–Trinajstić information content (AvgIpc) is 3.12. The van der Waals surface area contributed by atoms with Gasteiger partial charge in [0.25, 0.3) is 0 Å². The van der Waals surface area contributed by atoms with Crippen LogP contribution >= 0.6 is 0 Å². The minimum Gasteiger partial charge on any atom is -0.381 e. The lowest BCUT2D eigenvalue weighted by molar-refractivity contribution is 0.162. The van der Waals surface area contributed by atoms with Gasteiger partial charge in [0.2, 0.25) is 0 Å². The van der Waals surface area contributed by atoms with Crippen LogP contribution in [0.1, 0.15) is 37.7 Å². The van der Waals surface area contributed by atoms with Crippen LogP contribution in [0, 0.1) is 5.92 Å². The van der Waals surface area contributed by atoms with Gasteiger partial charge in [-0.25, -0.2) is 9.78 Å². The number of ether oxygens (including phenoxy) is 1. The monoisotopic (exact) mass is 344 g/mol. The second-order valence-electron chi connectivity index (χ2n) is 7.49. The molecule has 0 spiro atoms. The summed E-state index contributed by atoms with van der Waals surface area (Å²) in [6.07, 6.45) is 7.67. The van der Waals surface area contributed by atoms with Crippen LogP contribution in [-0.2, 0) is 11.3 Å². The molecule has 1 aromatic rings. The Kier molecular flexibility index (Phi) is 5.06. The molecule has 6 heteroatoms. The molecular weight excluding hydrogens is 316 g/mol. The highest BCUT2D eigenvalue weighted by molar-refractivity contribution is 5.75. The zero-order valence-corrected chi connectivity index (χ0v) is 14.8. The van der Waals surface area contributed by atoms with Crippen LogP contribution in [0.4, 0.5) is 10.6 Å². The van der Waals surface area contributed by atoms with Crippen molar-refractivity contribution < 1.29 is 9.53 Å². The van der Waals surface area contributed by atoms with Crippen molar-refractivity contribution in [3.63, 3.8) is 0 Å². The number of aromatic nitrogens is 1. The number of nitrogens with one attached hydrogen (secondary N) is 1. The van der Waals surface area contributed by atoms with E-state index >= 15 is 0 Å². The first-order valence-electron chi connectivity index (χ1n) is 9.62. The lowest BCUT2D eigenvalue weighted by Crippen LogP contribution is -2.43. The second-order valence-corrected chi connectivity index (χ2v) is 7.49.